The Morgan fingerprint density at radius 1 is 1.16 bits per heavy atom. The zero-order valence-corrected chi connectivity index (χ0v) is 19.2. The Kier molecular flexibility index (Phi) is 7.50. The summed E-state index contributed by atoms with van der Waals surface area (Å²) in [6, 6.07) is 9.53. The first-order valence-corrected chi connectivity index (χ1v) is 11.1. The molecule has 1 fully saturated rings. The Morgan fingerprint density at radius 2 is 1.92 bits per heavy atom. The molecular weight excluding hydrogens is 498 g/mol. The van der Waals surface area contributed by atoms with E-state index in [9.17, 15) is 22.8 Å². The minimum Gasteiger partial charge on any atom is -0.486 e. The number of nitrogens with zero attached hydrogens (tertiary/aromatic N) is 3. The number of hydrogen-bond donors (Lipinski definition) is 2. The summed E-state index contributed by atoms with van der Waals surface area (Å²) < 4.78 is 61.5. The average molecular weight is 519 g/mol. The topological polar surface area (TPSA) is 121 Å². The van der Waals surface area contributed by atoms with Crippen LogP contribution in [0, 0.1) is 5.53 Å². The maximum absolute atomic E-state index is 15.0. The highest BCUT2D eigenvalue weighted by molar-refractivity contribution is 5.98. The summed E-state index contributed by atoms with van der Waals surface area (Å²) in [5, 5.41) is 9.46. The lowest BCUT2D eigenvalue weighted by Crippen LogP contribution is -2.49. The van der Waals surface area contributed by atoms with Gasteiger partial charge in [-0.25, -0.2) is 9.92 Å². The highest BCUT2D eigenvalue weighted by atomic mass is 19.4. The van der Waals surface area contributed by atoms with Crippen molar-refractivity contribution in [2.24, 2.45) is 5.11 Å². The number of amides is 2. The number of aromatic nitrogens is 2. The van der Waals surface area contributed by atoms with Crippen LogP contribution >= 0.6 is 0 Å². The van der Waals surface area contributed by atoms with Crippen molar-refractivity contribution in [3.63, 3.8) is 0 Å². The zero-order valence-electron chi connectivity index (χ0n) is 19.2. The van der Waals surface area contributed by atoms with Crippen LogP contribution in [0.2, 0.25) is 0 Å². The van der Waals surface area contributed by atoms with Crippen LogP contribution in [-0.4, -0.2) is 58.6 Å². The van der Waals surface area contributed by atoms with Crippen molar-refractivity contribution in [1.29, 1.82) is 5.53 Å². The number of piperidine rings is 1. The van der Waals surface area contributed by atoms with Gasteiger partial charge < -0.3 is 14.4 Å². The van der Waals surface area contributed by atoms with Gasteiger partial charge in [-0.05, 0) is 35.4 Å². The van der Waals surface area contributed by atoms with Gasteiger partial charge in [0.05, 0.1) is 24.7 Å². The second kappa shape index (κ2) is 10.8. The Labute approximate surface area is 207 Å². The number of aromatic amines is 1. The van der Waals surface area contributed by atoms with Gasteiger partial charge in [0.2, 0.25) is 5.91 Å². The Morgan fingerprint density at radius 3 is 2.54 bits per heavy atom. The highest BCUT2D eigenvalue weighted by Gasteiger charge is 2.34. The third kappa shape index (κ3) is 6.48. The maximum Gasteiger partial charge on any atom is 0.573 e. The van der Waals surface area contributed by atoms with E-state index in [0.717, 1.165) is 12.1 Å². The van der Waals surface area contributed by atoms with Gasteiger partial charge in [-0.3, -0.25) is 14.7 Å². The van der Waals surface area contributed by atoms with Gasteiger partial charge in [0.1, 0.15) is 17.6 Å². The molecule has 2 unspecified atom stereocenters. The molecule has 37 heavy (non-hydrogen) atoms. The third-order valence-electron chi connectivity index (χ3n) is 5.77. The molecule has 2 aromatic carbocycles. The van der Waals surface area contributed by atoms with E-state index in [4.69, 9.17) is 10.3 Å². The number of benzene rings is 2. The number of ether oxygens (including phenoxy) is 2. The van der Waals surface area contributed by atoms with Crippen molar-refractivity contribution in [3.8, 4) is 22.6 Å². The van der Waals surface area contributed by atoms with Gasteiger partial charge in [-0.1, -0.05) is 18.2 Å². The first-order chi connectivity index (χ1) is 17.6. The predicted octanol–water partition coefficient (Wildman–Crippen LogP) is 4.71. The van der Waals surface area contributed by atoms with Gasteiger partial charge in [-0.15, -0.1) is 18.3 Å². The molecule has 2 amide bonds. The molecule has 1 aromatic heterocycles. The minimum atomic E-state index is -4.81. The van der Waals surface area contributed by atoms with E-state index in [1.165, 1.54) is 29.2 Å². The van der Waals surface area contributed by atoms with Crippen molar-refractivity contribution in [2.45, 2.75) is 31.5 Å². The van der Waals surface area contributed by atoms with E-state index in [1.54, 1.807) is 18.5 Å². The third-order valence-corrected chi connectivity index (χ3v) is 5.77. The number of nitrogens with one attached hydrogen (secondary N) is 2. The Balaban J connectivity index is 1.38. The van der Waals surface area contributed by atoms with Crippen LogP contribution in [0.15, 0.2) is 60.0 Å². The van der Waals surface area contributed by atoms with Crippen LogP contribution in [0.25, 0.3) is 11.1 Å². The molecule has 0 aliphatic carbocycles. The number of halogens is 4. The summed E-state index contributed by atoms with van der Waals surface area (Å²) >= 11 is 0. The molecular formula is C24H21F4N5O4. The molecule has 3 aromatic rings. The zero-order chi connectivity index (χ0) is 26.6. The summed E-state index contributed by atoms with van der Waals surface area (Å²) in [6.45, 7) is -0.0731. The van der Waals surface area contributed by atoms with Crippen LogP contribution in [0.1, 0.15) is 22.3 Å². The molecule has 1 aliphatic rings. The fraction of sp³-hybridized carbons (Fsp3) is 0.292. The fourth-order valence-electron chi connectivity index (χ4n) is 3.95. The molecule has 2 heterocycles. The van der Waals surface area contributed by atoms with Gasteiger partial charge in [0.15, 0.2) is 6.17 Å². The molecule has 0 bridgehead atoms. The first-order valence-electron chi connectivity index (χ1n) is 11.1. The van der Waals surface area contributed by atoms with Crippen molar-refractivity contribution >= 4 is 11.8 Å². The van der Waals surface area contributed by atoms with Crippen molar-refractivity contribution < 1.29 is 36.6 Å². The van der Waals surface area contributed by atoms with Crippen LogP contribution in [-0.2, 0) is 11.2 Å². The molecule has 9 nitrogen and oxygen atoms in total. The largest absolute Gasteiger partial charge is 0.573 e. The van der Waals surface area contributed by atoms with E-state index in [1.807, 2.05) is 0 Å². The number of alkyl halides is 4. The quantitative estimate of drug-likeness (QED) is 0.346. The summed E-state index contributed by atoms with van der Waals surface area (Å²) in [7, 11) is 0. The van der Waals surface area contributed by atoms with Crippen molar-refractivity contribution in [2.75, 3.05) is 13.1 Å². The van der Waals surface area contributed by atoms with E-state index in [2.05, 4.69) is 20.0 Å². The number of carbonyl (C=O) groups is 2. The Hall–Kier alpha value is -4.29. The van der Waals surface area contributed by atoms with E-state index < -0.39 is 30.3 Å². The standard InChI is InChI=1S/C24H21F4N5O4/c25-19-13-33(22(34)9-14-1-4-17(5-2-14)37-24(26,27)28)8-7-21(19)36-20-6-3-15(16-11-30-31-12-16)10-18(20)23(35)32-29/h1-6,10-12,19,21,29H,7-9,13H2,(H,30,31). The number of rotatable bonds is 7. The number of carbonyl (C=O) groups excluding carboxylic acids is 2. The molecule has 4 rings (SSSR count). The Bertz CT molecular complexity index is 1270. The average Bonchev–Trinajstić information content (AvgIpc) is 3.40. The van der Waals surface area contributed by atoms with Crippen LogP contribution < -0.4 is 9.47 Å². The molecule has 194 valence electrons. The van der Waals surface area contributed by atoms with E-state index in [0.29, 0.717) is 16.7 Å². The number of H-pyrrole nitrogens is 1. The molecule has 0 radical (unpaired) electrons. The normalized spacial score (nSPS) is 17.8. The summed E-state index contributed by atoms with van der Waals surface area (Å²) in [5.74, 6) is -1.57. The lowest BCUT2D eigenvalue weighted by Gasteiger charge is -2.35. The van der Waals surface area contributed by atoms with Gasteiger partial charge in [-0.2, -0.15) is 5.10 Å². The van der Waals surface area contributed by atoms with Crippen molar-refractivity contribution in [3.05, 3.63) is 66.0 Å². The van der Waals surface area contributed by atoms with Gasteiger partial charge in [0.25, 0.3) is 5.91 Å². The summed E-state index contributed by atoms with van der Waals surface area (Å²) in [5.41, 5.74) is 8.86. The maximum atomic E-state index is 15.0. The van der Waals surface area contributed by atoms with Gasteiger partial charge >= 0.3 is 6.36 Å². The second-order valence-electron chi connectivity index (χ2n) is 8.28. The molecule has 0 spiro atoms. The lowest BCUT2D eigenvalue weighted by molar-refractivity contribution is -0.274. The van der Waals surface area contributed by atoms with E-state index in [-0.39, 0.29) is 43.2 Å². The van der Waals surface area contributed by atoms with Crippen LogP contribution in [0.5, 0.6) is 11.5 Å². The number of likely N-dealkylation sites (tertiary alicyclic amines) is 1. The summed E-state index contributed by atoms with van der Waals surface area (Å²) in [4.78, 5) is 26.2. The second-order valence-corrected chi connectivity index (χ2v) is 8.28. The minimum absolute atomic E-state index is 0.00245. The van der Waals surface area contributed by atoms with Crippen LogP contribution in [0.3, 0.4) is 0 Å². The first kappa shape index (κ1) is 25.8. The van der Waals surface area contributed by atoms with Crippen molar-refractivity contribution in [1.82, 2.24) is 15.1 Å². The number of hydrogen-bond acceptors (Lipinski definition) is 6. The van der Waals surface area contributed by atoms with Gasteiger partial charge in [0, 0.05) is 24.7 Å². The highest BCUT2D eigenvalue weighted by Crippen LogP contribution is 2.30. The monoisotopic (exact) mass is 519 g/mol. The molecule has 1 saturated heterocycles. The molecule has 2 N–H and O–H groups in total. The summed E-state index contributed by atoms with van der Waals surface area (Å²) in [6.07, 6.45) is -4.13. The molecule has 13 heteroatoms. The fourth-order valence-corrected chi connectivity index (χ4v) is 3.95. The van der Waals surface area contributed by atoms with E-state index >= 15 is 4.39 Å². The predicted molar refractivity (Wildman–Crippen MR) is 121 cm³/mol. The molecule has 1 aliphatic heterocycles. The van der Waals surface area contributed by atoms with Crippen LogP contribution in [0.4, 0.5) is 17.6 Å². The molecule has 2 atom stereocenters. The smallest absolute Gasteiger partial charge is 0.486 e. The SMILES string of the molecule is N=NC(=O)c1cc(-c2cn[nH]c2)ccc1OC1CCN(C(=O)Cc2ccc(OC(F)(F)F)cc2)CC1F. The molecule has 0 saturated carbocycles. The lowest BCUT2D eigenvalue weighted by atomic mass is 10.0.